The maximum absolute atomic E-state index is 13.0. The summed E-state index contributed by atoms with van der Waals surface area (Å²) in [6, 6.07) is 11.2. The normalized spacial score (nSPS) is 13.8. The van der Waals surface area contributed by atoms with Crippen molar-refractivity contribution in [2.45, 2.75) is 4.75 Å². The van der Waals surface area contributed by atoms with E-state index in [2.05, 4.69) is 0 Å². The number of hydrogen-bond donors (Lipinski definition) is 3. The van der Waals surface area contributed by atoms with Gasteiger partial charge in [-0.1, -0.05) is 58.5 Å². The second-order valence-corrected chi connectivity index (χ2v) is 9.36. The average Bonchev–Trinajstić information content (AvgIpc) is 2.60. The third-order valence-electron chi connectivity index (χ3n) is 4.36. The van der Waals surface area contributed by atoms with Crippen molar-refractivity contribution < 1.29 is 23.2 Å². The maximum Gasteiger partial charge on any atom is 0.283 e. The maximum atomic E-state index is 13.0. The summed E-state index contributed by atoms with van der Waals surface area (Å²) in [7, 11) is -5.11. The van der Waals surface area contributed by atoms with Gasteiger partial charge in [0.2, 0.25) is 0 Å². The lowest BCUT2D eigenvalue weighted by molar-refractivity contribution is 0.440. The van der Waals surface area contributed by atoms with Crippen LogP contribution in [0.25, 0.3) is 0 Å². The lowest BCUT2D eigenvalue weighted by Crippen LogP contribution is -2.39. The molecule has 0 saturated heterocycles. The van der Waals surface area contributed by atoms with Crippen LogP contribution < -0.4 is 0 Å². The minimum Gasteiger partial charge on any atom is -0.508 e. The van der Waals surface area contributed by atoms with Gasteiger partial charge in [0.25, 0.3) is 10.1 Å². The van der Waals surface area contributed by atoms with Crippen molar-refractivity contribution in [2.24, 2.45) is 0 Å². The van der Waals surface area contributed by atoms with E-state index in [4.69, 9.17) is 46.4 Å². The zero-order chi connectivity index (χ0) is 21.6. The molecule has 1 unspecified atom stereocenters. The number of hydrogen-bond acceptors (Lipinski definition) is 4. The summed E-state index contributed by atoms with van der Waals surface area (Å²) >= 11 is 24.7. The zero-order valence-corrected chi connectivity index (χ0v) is 18.1. The molecule has 0 aliphatic heterocycles. The minimum absolute atomic E-state index is 0.0542. The van der Waals surface area contributed by atoms with E-state index in [9.17, 15) is 23.2 Å². The van der Waals surface area contributed by atoms with Crippen molar-refractivity contribution in [2.75, 3.05) is 0 Å². The van der Waals surface area contributed by atoms with E-state index >= 15 is 0 Å². The van der Waals surface area contributed by atoms with Crippen molar-refractivity contribution in [1.29, 1.82) is 0 Å². The monoisotopic (exact) mass is 492 g/mol. The molecule has 152 valence electrons. The van der Waals surface area contributed by atoms with E-state index in [0.717, 1.165) is 0 Å². The van der Waals surface area contributed by atoms with Gasteiger partial charge >= 0.3 is 0 Å². The Hall–Kier alpha value is -1.67. The van der Waals surface area contributed by atoms with Crippen molar-refractivity contribution >= 4 is 56.5 Å². The van der Waals surface area contributed by atoms with Crippen molar-refractivity contribution in [3.05, 3.63) is 91.4 Å². The first kappa shape index (κ1) is 22.0. The first-order valence-electron chi connectivity index (χ1n) is 7.89. The molecule has 0 bridgehead atoms. The minimum atomic E-state index is -5.11. The Morgan fingerprint density at radius 3 is 1.83 bits per heavy atom. The molecule has 0 heterocycles. The number of benzene rings is 3. The SMILES string of the molecule is O=S(=O)(O)C(c1ccc(O)cc1)(c1cc(Cl)ccc1O)c1c(Cl)cc(Cl)cc1Cl. The quantitative estimate of drug-likeness (QED) is 0.311. The van der Waals surface area contributed by atoms with Crippen molar-refractivity contribution in [3.63, 3.8) is 0 Å². The summed E-state index contributed by atoms with van der Waals surface area (Å²) in [6.07, 6.45) is 0. The standard InChI is InChI=1S/C19H12Cl4O5S/c20-11-3-6-17(25)14(7-11)19(29(26,27)28,10-1-4-13(24)5-2-10)18-15(22)8-12(21)9-16(18)23/h1-9,24-25H,(H,26,27,28). The van der Waals surface area contributed by atoms with E-state index in [0.29, 0.717) is 0 Å². The Morgan fingerprint density at radius 2 is 1.31 bits per heavy atom. The lowest BCUT2D eigenvalue weighted by atomic mass is 9.83. The van der Waals surface area contributed by atoms with Crippen molar-refractivity contribution in [3.8, 4) is 11.5 Å². The molecule has 0 spiro atoms. The first-order valence-corrected chi connectivity index (χ1v) is 10.8. The van der Waals surface area contributed by atoms with Gasteiger partial charge in [0.05, 0.1) is 0 Å². The van der Waals surface area contributed by atoms with Gasteiger partial charge in [-0.05, 0) is 48.0 Å². The van der Waals surface area contributed by atoms with Crippen LogP contribution >= 0.6 is 46.4 Å². The summed E-state index contributed by atoms with van der Waals surface area (Å²) in [5, 5.41) is 20.1. The van der Waals surface area contributed by atoms with Gasteiger partial charge in [0, 0.05) is 31.2 Å². The molecule has 10 heteroatoms. The van der Waals surface area contributed by atoms with Gasteiger partial charge in [0.1, 0.15) is 11.5 Å². The number of phenols is 2. The smallest absolute Gasteiger partial charge is 0.283 e. The Labute approximate surface area is 186 Å². The van der Waals surface area contributed by atoms with Crippen LogP contribution in [-0.2, 0) is 14.9 Å². The first-order chi connectivity index (χ1) is 13.5. The second-order valence-electron chi connectivity index (χ2n) is 6.11. The fourth-order valence-corrected chi connectivity index (χ4v) is 5.95. The van der Waals surface area contributed by atoms with Crippen LogP contribution in [0.1, 0.15) is 16.7 Å². The summed E-state index contributed by atoms with van der Waals surface area (Å²) in [4.78, 5) is 0. The van der Waals surface area contributed by atoms with Gasteiger partial charge in [-0.3, -0.25) is 4.55 Å². The third-order valence-corrected chi connectivity index (χ3v) is 6.84. The van der Waals surface area contributed by atoms with Gasteiger partial charge in [-0.25, -0.2) is 0 Å². The van der Waals surface area contributed by atoms with E-state index < -0.39 is 20.6 Å². The molecular formula is C19H12Cl4O5S. The highest BCUT2D eigenvalue weighted by Gasteiger charge is 2.52. The van der Waals surface area contributed by atoms with E-state index in [1.54, 1.807) is 0 Å². The Balaban J connectivity index is 2.63. The Bertz CT molecular complexity index is 1170. The molecule has 0 radical (unpaired) electrons. The molecule has 3 aromatic rings. The second kappa shape index (κ2) is 7.87. The van der Waals surface area contributed by atoms with Crippen LogP contribution in [0.15, 0.2) is 54.6 Å². The highest BCUT2D eigenvalue weighted by atomic mass is 35.5. The van der Waals surface area contributed by atoms with Crippen LogP contribution in [-0.4, -0.2) is 23.2 Å². The molecule has 0 saturated carbocycles. The molecule has 0 aromatic heterocycles. The molecule has 0 fully saturated rings. The Kier molecular flexibility index (Phi) is 5.98. The van der Waals surface area contributed by atoms with Crippen LogP contribution in [0.4, 0.5) is 0 Å². The van der Waals surface area contributed by atoms with Gasteiger partial charge in [-0.15, -0.1) is 0 Å². The molecular weight excluding hydrogens is 482 g/mol. The summed E-state index contributed by atoms with van der Waals surface area (Å²) in [5.74, 6) is -0.635. The molecule has 1 atom stereocenters. The molecule has 0 amide bonds. The van der Waals surface area contributed by atoms with Crippen LogP contribution in [0.3, 0.4) is 0 Å². The molecule has 3 aromatic carbocycles. The molecule has 3 rings (SSSR count). The van der Waals surface area contributed by atoms with Crippen LogP contribution in [0.2, 0.25) is 20.1 Å². The largest absolute Gasteiger partial charge is 0.508 e. The zero-order valence-electron chi connectivity index (χ0n) is 14.3. The molecule has 0 aliphatic rings. The predicted molar refractivity (Wildman–Crippen MR) is 114 cm³/mol. The highest BCUT2D eigenvalue weighted by Crippen LogP contribution is 2.52. The highest BCUT2D eigenvalue weighted by molar-refractivity contribution is 7.87. The molecule has 29 heavy (non-hydrogen) atoms. The van der Waals surface area contributed by atoms with E-state index in [1.165, 1.54) is 54.6 Å². The molecule has 5 nitrogen and oxygen atoms in total. The van der Waals surface area contributed by atoms with Gasteiger partial charge in [-0.2, -0.15) is 8.42 Å². The topological polar surface area (TPSA) is 94.8 Å². The average molecular weight is 494 g/mol. The van der Waals surface area contributed by atoms with E-state index in [1.807, 2.05) is 0 Å². The predicted octanol–water partition coefficient (Wildman–Crippen LogP) is 5.89. The van der Waals surface area contributed by atoms with Crippen LogP contribution in [0, 0.1) is 0 Å². The summed E-state index contributed by atoms with van der Waals surface area (Å²) in [5.41, 5.74) is -0.582. The van der Waals surface area contributed by atoms with Gasteiger partial charge < -0.3 is 10.2 Å². The number of phenolic OH excluding ortho intramolecular Hbond substituents is 2. The van der Waals surface area contributed by atoms with Gasteiger partial charge in [0.15, 0.2) is 4.75 Å². The third kappa shape index (κ3) is 3.77. The van der Waals surface area contributed by atoms with E-state index in [-0.39, 0.29) is 42.5 Å². The number of rotatable bonds is 4. The number of halogens is 4. The van der Waals surface area contributed by atoms with Crippen LogP contribution in [0.5, 0.6) is 11.5 Å². The Morgan fingerprint density at radius 1 is 0.759 bits per heavy atom. The lowest BCUT2D eigenvalue weighted by Gasteiger charge is -2.34. The fraction of sp³-hybridized carbons (Fsp3) is 0.0526. The fourth-order valence-electron chi connectivity index (χ4n) is 3.22. The summed E-state index contributed by atoms with van der Waals surface area (Å²) < 4.78 is 34.0. The molecule has 0 aliphatic carbocycles. The van der Waals surface area contributed by atoms with Crippen molar-refractivity contribution in [1.82, 2.24) is 0 Å². The summed E-state index contributed by atoms with van der Waals surface area (Å²) in [6.45, 7) is 0. The molecule has 3 N–H and O–H groups in total. The number of aromatic hydroxyl groups is 2.